The third-order valence-corrected chi connectivity index (χ3v) is 3.26. The smallest absolute Gasteiger partial charge is 0.138 e. The lowest BCUT2D eigenvalue weighted by Gasteiger charge is -2.07. The molecular weight excluding hydrogens is 232 g/mol. The topological polar surface area (TPSA) is 26.3 Å². The van der Waals surface area contributed by atoms with Crippen LogP contribution in [0.1, 0.15) is 18.2 Å². The normalized spacial score (nSPS) is 12.7. The van der Waals surface area contributed by atoms with Crippen LogP contribution < -0.4 is 0 Å². The van der Waals surface area contributed by atoms with Crippen LogP contribution in [0.5, 0.6) is 0 Å². The predicted octanol–water partition coefficient (Wildman–Crippen LogP) is 3.19. The van der Waals surface area contributed by atoms with Gasteiger partial charge in [-0.05, 0) is 18.1 Å². The predicted molar refractivity (Wildman–Crippen MR) is 63.7 cm³/mol. The average Bonchev–Trinajstić information content (AvgIpc) is 2.51. The number of halogens is 1. The second-order valence-corrected chi connectivity index (χ2v) is 5.49. The van der Waals surface area contributed by atoms with E-state index in [1.54, 1.807) is 7.11 Å². The maximum atomic E-state index is 11.6. The van der Waals surface area contributed by atoms with Crippen LogP contribution in [0.2, 0.25) is 4.34 Å². The highest BCUT2D eigenvalue weighted by Crippen LogP contribution is 2.22. The number of carbonyl (C=O) groups is 1. The minimum Gasteiger partial charge on any atom is -0.384 e. The number of rotatable bonds is 6. The lowest BCUT2D eigenvalue weighted by molar-refractivity contribution is -0.119. The third-order valence-electron chi connectivity index (χ3n) is 2.03. The van der Waals surface area contributed by atoms with Crippen molar-refractivity contribution in [2.45, 2.75) is 19.8 Å². The first-order valence-corrected chi connectivity index (χ1v) is 6.06. The molecule has 0 aromatic carbocycles. The van der Waals surface area contributed by atoms with Gasteiger partial charge in [0.2, 0.25) is 0 Å². The van der Waals surface area contributed by atoms with E-state index in [9.17, 15) is 4.79 Å². The van der Waals surface area contributed by atoms with Gasteiger partial charge in [0.25, 0.3) is 0 Å². The highest BCUT2D eigenvalue weighted by molar-refractivity contribution is 7.16. The van der Waals surface area contributed by atoms with Crippen LogP contribution in [0.3, 0.4) is 0 Å². The molecule has 2 nitrogen and oxygen atoms in total. The van der Waals surface area contributed by atoms with E-state index >= 15 is 0 Å². The second-order valence-electron chi connectivity index (χ2n) is 3.69. The highest BCUT2D eigenvalue weighted by atomic mass is 35.5. The molecule has 0 saturated heterocycles. The Balaban J connectivity index is 2.36. The van der Waals surface area contributed by atoms with Gasteiger partial charge < -0.3 is 4.74 Å². The van der Waals surface area contributed by atoms with Crippen molar-refractivity contribution in [2.75, 3.05) is 13.7 Å². The summed E-state index contributed by atoms with van der Waals surface area (Å²) in [6.45, 7) is 2.65. The van der Waals surface area contributed by atoms with Crippen molar-refractivity contribution in [3.8, 4) is 0 Å². The molecule has 0 aliphatic heterocycles. The molecule has 1 aromatic rings. The van der Waals surface area contributed by atoms with Crippen molar-refractivity contribution in [1.82, 2.24) is 0 Å². The van der Waals surface area contributed by atoms with Crippen molar-refractivity contribution < 1.29 is 9.53 Å². The number of Topliss-reactive ketones (excluding diaryl/α,β-unsaturated/α-hetero) is 1. The Hall–Kier alpha value is -0.380. The zero-order valence-corrected chi connectivity index (χ0v) is 10.5. The van der Waals surface area contributed by atoms with Crippen molar-refractivity contribution in [3.63, 3.8) is 0 Å². The van der Waals surface area contributed by atoms with E-state index in [0.717, 1.165) is 9.21 Å². The standard InChI is InChI=1S/C11H15ClO2S/c1-8(7-14-2)5-9(13)6-10-3-4-11(12)15-10/h3-4,8H,5-7H2,1-2H3. The molecule has 0 radical (unpaired) electrons. The first-order chi connectivity index (χ1) is 7.11. The Bertz CT molecular complexity index is 322. The van der Waals surface area contributed by atoms with E-state index in [1.807, 2.05) is 19.1 Å². The van der Waals surface area contributed by atoms with Gasteiger partial charge in [0.05, 0.1) is 4.34 Å². The second kappa shape index (κ2) is 6.26. The van der Waals surface area contributed by atoms with E-state index in [1.165, 1.54) is 11.3 Å². The highest BCUT2D eigenvalue weighted by Gasteiger charge is 2.10. The quantitative estimate of drug-likeness (QED) is 0.771. The van der Waals surface area contributed by atoms with Crippen molar-refractivity contribution in [1.29, 1.82) is 0 Å². The molecule has 1 heterocycles. The summed E-state index contributed by atoms with van der Waals surface area (Å²) in [6, 6.07) is 3.74. The van der Waals surface area contributed by atoms with E-state index in [-0.39, 0.29) is 11.7 Å². The lowest BCUT2D eigenvalue weighted by atomic mass is 10.0. The van der Waals surface area contributed by atoms with Gasteiger partial charge in [0.1, 0.15) is 5.78 Å². The average molecular weight is 247 g/mol. The fourth-order valence-corrected chi connectivity index (χ4v) is 2.56. The summed E-state index contributed by atoms with van der Waals surface area (Å²) < 4.78 is 5.73. The monoisotopic (exact) mass is 246 g/mol. The first kappa shape index (κ1) is 12.7. The van der Waals surface area contributed by atoms with Crippen molar-refractivity contribution in [3.05, 3.63) is 21.3 Å². The SMILES string of the molecule is COCC(C)CC(=O)Cc1ccc(Cl)s1. The van der Waals surface area contributed by atoms with Gasteiger partial charge in [-0.1, -0.05) is 18.5 Å². The Morgan fingerprint density at radius 3 is 2.87 bits per heavy atom. The Morgan fingerprint density at radius 1 is 1.60 bits per heavy atom. The third kappa shape index (κ3) is 4.78. The molecule has 0 spiro atoms. The molecule has 0 fully saturated rings. The van der Waals surface area contributed by atoms with Gasteiger partial charge in [-0.15, -0.1) is 11.3 Å². The van der Waals surface area contributed by atoms with Crippen LogP contribution in [-0.4, -0.2) is 19.5 Å². The van der Waals surface area contributed by atoms with Crippen LogP contribution in [-0.2, 0) is 16.0 Å². The summed E-state index contributed by atoms with van der Waals surface area (Å²) in [6.07, 6.45) is 1.06. The Kier molecular flexibility index (Phi) is 5.29. The van der Waals surface area contributed by atoms with Crippen molar-refractivity contribution in [2.24, 2.45) is 5.92 Å². The van der Waals surface area contributed by atoms with Gasteiger partial charge in [-0.3, -0.25) is 4.79 Å². The molecule has 84 valence electrons. The molecule has 15 heavy (non-hydrogen) atoms. The summed E-state index contributed by atoms with van der Waals surface area (Å²) in [5.74, 6) is 0.538. The molecule has 1 aromatic heterocycles. The maximum Gasteiger partial charge on any atom is 0.138 e. The van der Waals surface area contributed by atoms with Crippen molar-refractivity contribution >= 4 is 28.7 Å². The minimum atomic E-state index is 0.248. The van der Waals surface area contributed by atoms with Gasteiger partial charge in [0.15, 0.2) is 0 Å². The Labute approximate surface area is 99.2 Å². The first-order valence-electron chi connectivity index (χ1n) is 4.86. The largest absolute Gasteiger partial charge is 0.384 e. The van der Waals surface area contributed by atoms with Crippen LogP contribution in [0.4, 0.5) is 0 Å². The fraction of sp³-hybridized carbons (Fsp3) is 0.545. The molecule has 0 N–H and O–H groups in total. The summed E-state index contributed by atoms with van der Waals surface area (Å²) >= 11 is 7.26. The molecule has 1 atom stereocenters. The molecule has 0 aliphatic carbocycles. The molecule has 0 amide bonds. The fourth-order valence-electron chi connectivity index (χ4n) is 1.45. The van der Waals surface area contributed by atoms with Crippen LogP contribution in [0, 0.1) is 5.92 Å². The molecule has 4 heteroatoms. The van der Waals surface area contributed by atoms with Gasteiger partial charge in [-0.2, -0.15) is 0 Å². The summed E-state index contributed by atoms with van der Waals surface area (Å²) in [5, 5.41) is 0. The lowest BCUT2D eigenvalue weighted by Crippen LogP contribution is -2.11. The van der Waals surface area contributed by atoms with Gasteiger partial charge >= 0.3 is 0 Å². The number of ketones is 1. The zero-order chi connectivity index (χ0) is 11.3. The molecular formula is C11H15ClO2S. The molecule has 0 saturated carbocycles. The van der Waals surface area contributed by atoms with Crippen LogP contribution in [0.15, 0.2) is 12.1 Å². The summed E-state index contributed by atoms with van der Waals surface area (Å²) in [5.41, 5.74) is 0. The number of carbonyl (C=O) groups excluding carboxylic acids is 1. The van der Waals surface area contributed by atoms with E-state index in [4.69, 9.17) is 16.3 Å². The summed E-state index contributed by atoms with van der Waals surface area (Å²) in [7, 11) is 1.65. The minimum absolute atomic E-state index is 0.248. The number of hydrogen-bond donors (Lipinski definition) is 0. The van der Waals surface area contributed by atoms with Crippen LogP contribution >= 0.6 is 22.9 Å². The number of ether oxygens (including phenoxy) is 1. The molecule has 0 bridgehead atoms. The molecule has 1 unspecified atom stereocenters. The Morgan fingerprint density at radius 2 is 2.33 bits per heavy atom. The van der Waals surface area contributed by atoms with Gasteiger partial charge in [0, 0.05) is 31.4 Å². The van der Waals surface area contributed by atoms with E-state index < -0.39 is 0 Å². The van der Waals surface area contributed by atoms with E-state index in [2.05, 4.69) is 0 Å². The number of hydrogen-bond acceptors (Lipinski definition) is 3. The molecule has 0 aliphatic rings. The number of thiophene rings is 1. The van der Waals surface area contributed by atoms with E-state index in [0.29, 0.717) is 19.4 Å². The van der Waals surface area contributed by atoms with Gasteiger partial charge in [-0.25, -0.2) is 0 Å². The number of methoxy groups -OCH3 is 1. The maximum absolute atomic E-state index is 11.6. The molecule has 1 rings (SSSR count). The van der Waals surface area contributed by atoms with Crippen LogP contribution in [0.25, 0.3) is 0 Å². The summed E-state index contributed by atoms with van der Waals surface area (Å²) in [4.78, 5) is 12.7. The zero-order valence-electron chi connectivity index (χ0n) is 8.96.